The normalized spacial score (nSPS) is 15.6. The Morgan fingerprint density at radius 1 is 1.09 bits per heavy atom. The molecule has 0 aliphatic carbocycles. The quantitative estimate of drug-likeness (QED) is 0.418. The minimum Gasteiger partial charge on any atom is -0.378 e. The van der Waals surface area contributed by atoms with E-state index in [1.165, 1.54) is 11.9 Å². The molecular formula is C25H28ClN7O. The number of nitrogens with zero attached hydrogens (tertiary/aromatic N) is 5. The van der Waals surface area contributed by atoms with E-state index in [1.807, 2.05) is 24.4 Å². The SMILES string of the molecule is COCc1cc(-c2ccc3[nH]c(Cc4cc(C(C)N5CCNCC5)ccn4)nc3c2Cl)ncn1. The van der Waals surface area contributed by atoms with Gasteiger partial charge in [-0.1, -0.05) is 11.6 Å². The van der Waals surface area contributed by atoms with Crippen LogP contribution in [0, 0.1) is 0 Å². The highest BCUT2D eigenvalue weighted by Gasteiger charge is 2.19. The van der Waals surface area contributed by atoms with Crippen LogP contribution in [-0.2, 0) is 17.8 Å². The van der Waals surface area contributed by atoms with Gasteiger partial charge in [0, 0.05) is 63.2 Å². The lowest BCUT2D eigenvalue weighted by Gasteiger charge is -2.33. The summed E-state index contributed by atoms with van der Waals surface area (Å²) in [6.07, 6.45) is 4.03. The molecule has 2 N–H and O–H groups in total. The van der Waals surface area contributed by atoms with Crippen LogP contribution in [0.1, 0.15) is 35.7 Å². The predicted molar refractivity (Wildman–Crippen MR) is 133 cm³/mol. The Hall–Kier alpha value is -2.91. The van der Waals surface area contributed by atoms with Gasteiger partial charge in [-0.25, -0.2) is 15.0 Å². The number of fused-ring (bicyclic) bond motifs is 1. The number of rotatable bonds is 7. The van der Waals surface area contributed by atoms with Gasteiger partial charge in [-0.2, -0.15) is 0 Å². The zero-order valence-corrected chi connectivity index (χ0v) is 20.1. The largest absolute Gasteiger partial charge is 0.378 e. The van der Waals surface area contributed by atoms with E-state index in [-0.39, 0.29) is 0 Å². The molecule has 176 valence electrons. The Balaban J connectivity index is 1.39. The summed E-state index contributed by atoms with van der Waals surface area (Å²) >= 11 is 6.77. The molecule has 1 atom stereocenters. The maximum atomic E-state index is 6.77. The first-order valence-electron chi connectivity index (χ1n) is 11.5. The summed E-state index contributed by atoms with van der Waals surface area (Å²) in [4.78, 5) is 23.9. The van der Waals surface area contributed by atoms with Gasteiger partial charge in [-0.05, 0) is 42.8 Å². The van der Waals surface area contributed by atoms with E-state index in [4.69, 9.17) is 21.3 Å². The third-order valence-corrected chi connectivity index (χ3v) is 6.69. The van der Waals surface area contributed by atoms with E-state index in [1.54, 1.807) is 7.11 Å². The number of ether oxygens (including phenoxy) is 1. The number of H-pyrrole nitrogens is 1. The van der Waals surface area contributed by atoms with E-state index in [9.17, 15) is 0 Å². The van der Waals surface area contributed by atoms with E-state index < -0.39 is 0 Å². The van der Waals surface area contributed by atoms with Gasteiger partial charge >= 0.3 is 0 Å². The topological polar surface area (TPSA) is 91.8 Å². The second-order valence-electron chi connectivity index (χ2n) is 8.55. The van der Waals surface area contributed by atoms with Gasteiger partial charge in [-0.3, -0.25) is 9.88 Å². The first-order chi connectivity index (χ1) is 16.6. The van der Waals surface area contributed by atoms with Crippen molar-refractivity contribution in [2.24, 2.45) is 0 Å². The fourth-order valence-corrected chi connectivity index (χ4v) is 4.76. The lowest BCUT2D eigenvalue weighted by atomic mass is 10.1. The number of hydrogen-bond acceptors (Lipinski definition) is 7. The van der Waals surface area contributed by atoms with Crippen molar-refractivity contribution >= 4 is 22.6 Å². The van der Waals surface area contributed by atoms with Crippen LogP contribution in [0.5, 0.6) is 0 Å². The number of imidazole rings is 1. The molecule has 0 saturated carbocycles. The third-order valence-electron chi connectivity index (χ3n) is 6.30. The Morgan fingerprint density at radius 2 is 1.94 bits per heavy atom. The number of methoxy groups -OCH3 is 1. The minimum absolute atomic E-state index is 0.354. The average molecular weight is 478 g/mol. The zero-order valence-electron chi connectivity index (χ0n) is 19.4. The first kappa shape index (κ1) is 22.9. The summed E-state index contributed by atoms with van der Waals surface area (Å²) in [6, 6.07) is 10.5. The lowest BCUT2D eigenvalue weighted by molar-refractivity contribution is 0.181. The third kappa shape index (κ3) is 4.81. The molecule has 3 aromatic heterocycles. The molecule has 1 aromatic carbocycles. The zero-order chi connectivity index (χ0) is 23.5. The van der Waals surface area contributed by atoms with Crippen LogP contribution in [-0.4, -0.2) is 63.1 Å². The number of halogens is 1. The molecule has 1 saturated heterocycles. The van der Waals surface area contributed by atoms with Crippen molar-refractivity contribution in [2.75, 3.05) is 33.3 Å². The molecule has 4 heterocycles. The van der Waals surface area contributed by atoms with E-state index in [0.717, 1.165) is 65.7 Å². The molecular weight excluding hydrogens is 450 g/mol. The molecule has 0 spiro atoms. The summed E-state index contributed by atoms with van der Waals surface area (Å²) in [5.41, 5.74) is 6.24. The van der Waals surface area contributed by atoms with Crippen molar-refractivity contribution in [1.29, 1.82) is 0 Å². The van der Waals surface area contributed by atoms with Crippen molar-refractivity contribution < 1.29 is 4.74 Å². The molecule has 4 aromatic rings. The average Bonchev–Trinajstić information content (AvgIpc) is 3.28. The van der Waals surface area contributed by atoms with E-state index in [2.05, 4.69) is 49.2 Å². The van der Waals surface area contributed by atoms with Crippen LogP contribution in [0.2, 0.25) is 5.02 Å². The van der Waals surface area contributed by atoms with Crippen molar-refractivity contribution in [3.05, 3.63) is 70.7 Å². The molecule has 0 amide bonds. The molecule has 1 fully saturated rings. The summed E-state index contributed by atoms with van der Waals surface area (Å²) < 4.78 is 5.18. The van der Waals surface area contributed by atoms with Gasteiger partial charge in [0.15, 0.2) is 0 Å². The first-order valence-corrected chi connectivity index (χ1v) is 11.9. The summed E-state index contributed by atoms with van der Waals surface area (Å²) in [5, 5.41) is 3.98. The number of pyridine rings is 1. The van der Waals surface area contributed by atoms with Crippen LogP contribution < -0.4 is 5.32 Å². The minimum atomic E-state index is 0.354. The van der Waals surface area contributed by atoms with Gasteiger partial charge < -0.3 is 15.0 Å². The Labute approximate surface area is 203 Å². The smallest absolute Gasteiger partial charge is 0.116 e. The predicted octanol–water partition coefficient (Wildman–Crippen LogP) is 3.77. The summed E-state index contributed by atoms with van der Waals surface area (Å²) in [5.74, 6) is 0.830. The standard InChI is InChI=1S/C25H28ClN7O/c1-16(33-9-7-27-8-10-33)17-5-6-28-18(11-17)13-23-31-21-4-3-20(24(26)25(21)32-23)22-12-19(14-34-2)29-15-30-22/h3-6,11-12,15-16,27H,7-10,13-14H2,1-2H3,(H,31,32). The van der Waals surface area contributed by atoms with Crippen molar-refractivity contribution in [1.82, 2.24) is 35.1 Å². The number of aromatic nitrogens is 5. The molecule has 5 rings (SSSR count). The van der Waals surface area contributed by atoms with Gasteiger partial charge in [0.05, 0.1) is 28.5 Å². The number of aromatic amines is 1. The summed E-state index contributed by atoms with van der Waals surface area (Å²) in [7, 11) is 1.64. The maximum absolute atomic E-state index is 6.77. The van der Waals surface area contributed by atoms with Crippen LogP contribution in [0.25, 0.3) is 22.3 Å². The number of piperazine rings is 1. The Bertz CT molecular complexity index is 1290. The molecule has 0 radical (unpaired) electrons. The highest BCUT2D eigenvalue weighted by Crippen LogP contribution is 2.33. The van der Waals surface area contributed by atoms with Gasteiger partial charge in [-0.15, -0.1) is 0 Å². The van der Waals surface area contributed by atoms with Gasteiger partial charge in [0.1, 0.15) is 17.7 Å². The fourth-order valence-electron chi connectivity index (χ4n) is 4.45. The molecule has 1 aliphatic rings. The lowest BCUT2D eigenvalue weighted by Crippen LogP contribution is -2.44. The molecule has 0 bridgehead atoms. The van der Waals surface area contributed by atoms with Gasteiger partial charge in [0.25, 0.3) is 0 Å². The molecule has 1 aliphatic heterocycles. The molecule has 8 nitrogen and oxygen atoms in total. The fraction of sp³-hybridized carbons (Fsp3) is 0.360. The number of hydrogen-bond donors (Lipinski definition) is 2. The van der Waals surface area contributed by atoms with Crippen LogP contribution >= 0.6 is 11.6 Å². The molecule has 1 unspecified atom stereocenters. The molecule has 34 heavy (non-hydrogen) atoms. The van der Waals surface area contributed by atoms with Crippen molar-refractivity contribution in [3.8, 4) is 11.3 Å². The molecule has 9 heteroatoms. The maximum Gasteiger partial charge on any atom is 0.116 e. The highest BCUT2D eigenvalue weighted by atomic mass is 35.5. The Kier molecular flexibility index (Phi) is 6.82. The van der Waals surface area contributed by atoms with Gasteiger partial charge in [0.2, 0.25) is 0 Å². The van der Waals surface area contributed by atoms with Crippen molar-refractivity contribution in [2.45, 2.75) is 26.0 Å². The highest BCUT2D eigenvalue weighted by molar-refractivity contribution is 6.37. The number of nitrogens with one attached hydrogen (secondary N) is 2. The van der Waals surface area contributed by atoms with Crippen molar-refractivity contribution in [3.63, 3.8) is 0 Å². The summed E-state index contributed by atoms with van der Waals surface area (Å²) in [6.45, 7) is 6.86. The monoisotopic (exact) mass is 477 g/mol. The van der Waals surface area contributed by atoms with Crippen LogP contribution in [0.3, 0.4) is 0 Å². The second-order valence-corrected chi connectivity index (χ2v) is 8.93. The van der Waals surface area contributed by atoms with E-state index in [0.29, 0.717) is 24.1 Å². The number of benzene rings is 1. The second kappa shape index (κ2) is 10.1. The van der Waals surface area contributed by atoms with E-state index >= 15 is 0 Å². The van der Waals surface area contributed by atoms with Crippen LogP contribution in [0.4, 0.5) is 0 Å². The Morgan fingerprint density at radius 3 is 2.76 bits per heavy atom. The van der Waals surface area contributed by atoms with Crippen LogP contribution in [0.15, 0.2) is 42.9 Å².